The summed E-state index contributed by atoms with van der Waals surface area (Å²) in [5.74, 6) is -1.00. The van der Waals surface area contributed by atoms with Gasteiger partial charge >= 0.3 is 0 Å². The van der Waals surface area contributed by atoms with Crippen molar-refractivity contribution < 1.29 is 9.50 Å². The van der Waals surface area contributed by atoms with Gasteiger partial charge in [-0.2, -0.15) is 0 Å². The number of nitrogens with one attached hydrogen (secondary N) is 1. The predicted molar refractivity (Wildman–Crippen MR) is 62.5 cm³/mol. The van der Waals surface area contributed by atoms with E-state index in [4.69, 9.17) is 11.6 Å². The molecule has 0 aromatic heterocycles. The molecule has 2 N–H and O–H groups in total. The number of aromatic hydroxyl groups is 1. The highest BCUT2D eigenvalue weighted by Crippen LogP contribution is 2.32. The summed E-state index contributed by atoms with van der Waals surface area (Å²) >= 11 is 5.77. The monoisotopic (exact) mass is 243 g/mol. The maximum Gasteiger partial charge on any atom is 0.170 e. The molecule has 1 unspecified atom stereocenters. The summed E-state index contributed by atoms with van der Waals surface area (Å²) in [6.07, 6.45) is 2.80. The highest BCUT2D eigenvalue weighted by atomic mass is 35.5. The molecule has 2 rings (SSSR count). The maximum absolute atomic E-state index is 13.7. The van der Waals surface area contributed by atoms with E-state index in [0.717, 1.165) is 19.4 Å². The Morgan fingerprint density at radius 1 is 1.62 bits per heavy atom. The molecule has 1 saturated heterocycles. The third kappa shape index (κ3) is 2.15. The average molecular weight is 244 g/mol. The Kier molecular flexibility index (Phi) is 3.36. The Morgan fingerprint density at radius 3 is 3.00 bits per heavy atom. The molecule has 1 aliphatic rings. The summed E-state index contributed by atoms with van der Waals surface area (Å²) in [4.78, 5) is 0. The standard InChI is InChI=1S/C12H15ClFNO/c1-7-5-8(6-9-3-2-4-15-9)11(14)12(16)10(7)13/h5,9,15-16H,2-4,6H2,1H3. The molecule has 16 heavy (non-hydrogen) atoms. The Balaban J connectivity index is 2.26. The molecule has 0 spiro atoms. The van der Waals surface area contributed by atoms with Crippen molar-refractivity contribution in [2.45, 2.75) is 32.2 Å². The van der Waals surface area contributed by atoms with Crippen LogP contribution in [0.4, 0.5) is 4.39 Å². The summed E-state index contributed by atoms with van der Waals surface area (Å²) in [5, 5.41) is 12.9. The molecule has 88 valence electrons. The number of phenolic OH excluding ortho intramolecular Hbond substituents is 1. The third-order valence-corrected chi connectivity index (χ3v) is 3.54. The van der Waals surface area contributed by atoms with Crippen LogP contribution in [-0.2, 0) is 6.42 Å². The first-order valence-corrected chi connectivity index (χ1v) is 5.87. The predicted octanol–water partition coefficient (Wildman–Crippen LogP) is 2.79. The van der Waals surface area contributed by atoms with Gasteiger partial charge < -0.3 is 10.4 Å². The lowest BCUT2D eigenvalue weighted by Crippen LogP contribution is -2.24. The molecule has 0 aliphatic carbocycles. The molecule has 4 heteroatoms. The summed E-state index contributed by atoms with van der Waals surface area (Å²) in [6.45, 7) is 2.76. The molecule has 0 amide bonds. The van der Waals surface area contributed by atoms with E-state index < -0.39 is 11.6 Å². The Hall–Kier alpha value is -0.800. The van der Waals surface area contributed by atoms with Crippen LogP contribution in [0, 0.1) is 12.7 Å². The zero-order valence-electron chi connectivity index (χ0n) is 9.19. The minimum absolute atomic E-state index is 0.112. The molecule has 1 aliphatic heterocycles. The van der Waals surface area contributed by atoms with E-state index in [1.807, 2.05) is 0 Å². The molecule has 0 bridgehead atoms. The second kappa shape index (κ2) is 4.60. The number of hydrogen-bond donors (Lipinski definition) is 2. The SMILES string of the molecule is Cc1cc(CC2CCCN2)c(F)c(O)c1Cl. The largest absolute Gasteiger partial charge is 0.504 e. The fraction of sp³-hybridized carbons (Fsp3) is 0.500. The van der Waals surface area contributed by atoms with Gasteiger partial charge in [-0.1, -0.05) is 17.7 Å². The average Bonchev–Trinajstić information content (AvgIpc) is 2.76. The first-order chi connectivity index (χ1) is 7.59. The van der Waals surface area contributed by atoms with Crippen molar-refractivity contribution in [2.75, 3.05) is 6.54 Å². The molecule has 1 atom stereocenters. The van der Waals surface area contributed by atoms with Gasteiger partial charge in [-0.3, -0.25) is 0 Å². The molecular weight excluding hydrogens is 229 g/mol. The zero-order valence-corrected chi connectivity index (χ0v) is 9.94. The van der Waals surface area contributed by atoms with Crippen molar-refractivity contribution in [3.05, 3.63) is 28.0 Å². The van der Waals surface area contributed by atoms with Gasteiger partial charge in [0.2, 0.25) is 0 Å². The van der Waals surface area contributed by atoms with E-state index in [1.54, 1.807) is 13.0 Å². The van der Waals surface area contributed by atoms with E-state index in [0.29, 0.717) is 23.6 Å². The third-order valence-electron chi connectivity index (χ3n) is 3.06. The van der Waals surface area contributed by atoms with Crippen LogP contribution in [0.3, 0.4) is 0 Å². The molecule has 1 heterocycles. The molecule has 1 fully saturated rings. The number of rotatable bonds is 2. The lowest BCUT2D eigenvalue weighted by atomic mass is 10.0. The summed E-state index contributed by atoms with van der Waals surface area (Å²) in [6, 6.07) is 2.03. The van der Waals surface area contributed by atoms with E-state index in [-0.39, 0.29) is 5.02 Å². The van der Waals surface area contributed by atoms with Crippen molar-refractivity contribution in [3.63, 3.8) is 0 Å². The van der Waals surface area contributed by atoms with Gasteiger partial charge in [0.05, 0.1) is 5.02 Å². The topological polar surface area (TPSA) is 32.3 Å². The summed E-state index contributed by atoms with van der Waals surface area (Å²) in [7, 11) is 0. The first kappa shape index (κ1) is 11.7. The Bertz CT molecular complexity index is 402. The molecule has 1 aromatic carbocycles. The second-order valence-electron chi connectivity index (χ2n) is 4.33. The van der Waals surface area contributed by atoms with E-state index in [1.165, 1.54) is 0 Å². The van der Waals surface area contributed by atoms with Crippen LogP contribution < -0.4 is 5.32 Å². The lowest BCUT2D eigenvalue weighted by Gasteiger charge is -2.13. The quantitative estimate of drug-likeness (QED) is 0.837. The fourth-order valence-electron chi connectivity index (χ4n) is 2.17. The number of halogens is 2. The van der Waals surface area contributed by atoms with Crippen LogP contribution in [0.5, 0.6) is 5.75 Å². The molecule has 0 saturated carbocycles. The lowest BCUT2D eigenvalue weighted by molar-refractivity contribution is 0.425. The van der Waals surface area contributed by atoms with Gasteiger partial charge in [0.15, 0.2) is 11.6 Å². The van der Waals surface area contributed by atoms with Crippen LogP contribution in [0.2, 0.25) is 5.02 Å². The van der Waals surface area contributed by atoms with Crippen LogP contribution in [0.1, 0.15) is 24.0 Å². The van der Waals surface area contributed by atoms with Crippen LogP contribution >= 0.6 is 11.6 Å². The van der Waals surface area contributed by atoms with Gasteiger partial charge in [-0.15, -0.1) is 0 Å². The van der Waals surface area contributed by atoms with Crippen LogP contribution in [-0.4, -0.2) is 17.7 Å². The molecule has 0 radical (unpaired) electrons. The number of aryl methyl sites for hydroxylation is 1. The summed E-state index contributed by atoms with van der Waals surface area (Å²) < 4.78 is 13.7. The van der Waals surface area contributed by atoms with E-state index in [2.05, 4.69) is 5.32 Å². The van der Waals surface area contributed by atoms with E-state index >= 15 is 0 Å². The zero-order chi connectivity index (χ0) is 11.7. The highest BCUT2D eigenvalue weighted by Gasteiger charge is 2.20. The van der Waals surface area contributed by atoms with Crippen molar-refractivity contribution in [3.8, 4) is 5.75 Å². The van der Waals surface area contributed by atoms with Gasteiger partial charge in [0.25, 0.3) is 0 Å². The van der Waals surface area contributed by atoms with Gasteiger partial charge in [0.1, 0.15) is 0 Å². The van der Waals surface area contributed by atoms with Crippen molar-refractivity contribution >= 4 is 11.6 Å². The van der Waals surface area contributed by atoms with Crippen molar-refractivity contribution in [2.24, 2.45) is 0 Å². The van der Waals surface area contributed by atoms with Gasteiger partial charge in [0, 0.05) is 6.04 Å². The van der Waals surface area contributed by atoms with E-state index in [9.17, 15) is 9.50 Å². The minimum atomic E-state index is -0.579. The van der Waals surface area contributed by atoms with Crippen LogP contribution in [0.15, 0.2) is 6.07 Å². The normalized spacial score (nSPS) is 20.3. The summed E-state index contributed by atoms with van der Waals surface area (Å²) in [5.41, 5.74) is 1.26. The number of benzene rings is 1. The smallest absolute Gasteiger partial charge is 0.170 e. The fourth-order valence-corrected chi connectivity index (χ4v) is 2.31. The number of phenols is 1. The van der Waals surface area contributed by atoms with Gasteiger partial charge in [-0.25, -0.2) is 4.39 Å². The molecule has 2 nitrogen and oxygen atoms in total. The van der Waals surface area contributed by atoms with Gasteiger partial charge in [-0.05, 0) is 43.9 Å². The van der Waals surface area contributed by atoms with Crippen LogP contribution in [0.25, 0.3) is 0 Å². The van der Waals surface area contributed by atoms with Crippen molar-refractivity contribution in [1.29, 1.82) is 0 Å². The van der Waals surface area contributed by atoms with Crippen molar-refractivity contribution in [1.82, 2.24) is 5.32 Å². The Morgan fingerprint density at radius 2 is 2.38 bits per heavy atom. The Labute approximate surface area is 99.4 Å². The first-order valence-electron chi connectivity index (χ1n) is 5.49. The highest BCUT2D eigenvalue weighted by molar-refractivity contribution is 6.32. The second-order valence-corrected chi connectivity index (χ2v) is 4.70. The maximum atomic E-state index is 13.7. The molecular formula is C12H15ClFNO. The molecule has 1 aromatic rings. The number of hydrogen-bond acceptors (Lipinski definition) is 2. The minimum Gasteiger partial charge on any atom is -0.504 e.